The Morgan fingerprint density at radius 2 is 2.47 bits per heavy atom. The fraction of sp³-hybridized carbons (Fsp3) is 0.778. The Labute approximate surface area is 94.0 Å². The Morgan fingerprint density at radius 1 is 1.67 bits per heavy atom. The van der Waals surface area contributed by atoms with Gasteiger partial charge < -0.3 is 9.64 Å². The van der Waals surface area contributed by atoms with Gasteiger partial charge in [0.1, 0.15) is 0 Å². The number of hydrogen-bond acceptors (Lipinski definition) is 4. The summed E-state index contributed by atoms with van der Waals surface area (Å²) in [6.45, 7) is 7.49. The highest BCUT2D eigenvalue weighted by atomic mass is 32.1. The number of H-pyrrole nitrogens is 1. The molecule has 6 heteroatoms. The van der Waals surface area contributed by atoms with Gasteiger partial charge in [-0.1, -0.05) is 0 Å². The Morgan fingerprint density at radius 3 is 3.13 bits per heavy atom. The van der Waals surface area contributed by atoms with E-state index in [1.165, 1.54) is 0 Å². The zero-order valence-corrected chi connectivity index (χ0v) is 9.88. The second-order valence-corrected chi connectivity index (χ2v) is 4.09. The summed E-state index contributed by atoms with van der Waals surface area (Å²) in [5.41, 5.74) is 0. The van der Waals surface area contributed by atoms with Gasteiger partial charge in [-0.05, 0) is 26.1 Å². The van der Waals surface area contributed by atoms with E-state index in [2.05, 4.69) is 28.9 Å². The standard InChI is InChI=1S/C9H16N4OS/c1-3-13-8(10-11-9(13)15)12-4-5-14-7(2)6-12/h7H,3-6H2,1-2H3,(H,11,15). The van der Waals surface area contributed by atoms with E-state index in [-0.39, 0.29) is 6.10 Å². The highest BCUT2D eigenvalue weighted by Gasteiger charge is 2.20. The molecule has 0 spiro atoms. The topological polar surface area (TPSA) is 46.1 Å². The van der Waals surface area contributed by atoms with Gasteiger partial charge >= 0.3 is 0 Å². The predicted octanol–water partition coefficient (Wildman–Crippen LogP) is 1.19. The van der Waals surface area contributed by atoms with Gasteiger partial charge in [0.2, 0.25) is 5.95 Å². The number of rotatable bonds is 2. The van der Waals surface area contributed by atoms with Crippen molar-refractivity contribution in [3.8, 4) is 0 Å². The first-order valence-corrected chi connectivity index (χ1v) is 5.65. The zero-order chi connectivity index (χ0) is 10.8. The van der Waals surface area contributed by atoms with Crippen molar-refractivity contribution in [2.75, 3.05) is 24.6 Å². The molecule has 0 aliphatic carbocycles. The van der Waals surface area contributed by atoms with Gasteiger partial charge in [0.05, 0.1) is 12.7 Å². The normalized spacial score (nSPS) is 22.0. The molecule has 1 aromatic rings. The van der Waals surface area contributed by atoms with Crippen LogP contribution in [0.4, 0.5) is 5.95 Å². The molecule has 1 N–H and O–H groups in total. The summed E-state index contributed by atoms with van der Waals surface area (Å²) in [6.07, 6.45) is 0.259. The van der Waals surface area contributed by atoms with E-state index in [4.69, 9.17) is 17.0 Å². The molecular weight excluding hydrogens is 212 g/mol. The van der Waals surface area contributed by atoms with Gasteiger partial charge in [0.15, 0.2) is 4.77 Å². The quantitative estimate of drug-likeness (QED) is 0.772. The predicted molar refractivity (Wildman–Crippen MR) is 60.7 cm³/mol. The van der Waals surface area contributed by atoms with Crippen LogP contribution in [0, 0.1) is 4.77 Å². The molecule has 2 rings (SSSR count). The largest absolute Gasteiger partial charge is 0.375 e. The molecule has 1 saturated heterocycles. The highest BCUT2D eigenvalue weighted by molar-refractivity contribution is 7.71. The van der Waals surface area contributed by atoms with Crippen molar-refractivity contribution in [2.45, 2.75) is 26.5 Å². The number of ether oxygens (including phenoxy) is 1. The molecule has 1 atom stereocenters. The summed E-state index contributed by atoms with van der Waals surface area (Å²) in [5.74, 6) is 0.928. The fourth-order valence-corrected chi connectivity index (χ4v) is 2.09. The minimum atomic E-state index is 0.259. The summed E-state index contributed by atoms with van der Waals surface area (Å²) in [4.78, 5) is 2.21. The van der Waals surface area contributed by atoms with E-state index in [1.807, 2.05) is 4.57 Å². The van der Waals surface area contributed by atoms with E-state index >= 15 is 0 Å². The molecule has 1 aromatic heterocycles. The van der Waals surface area contributed by atoms with Crippen molar-refractivity contribution in [3.05, 3.63) is 4.77 Å². The minimum absolute atomic E-state index is 0.259. The molecular formula is C9H16N4OS. The van der Waals surface area contributed by atoms with Crippen molar-refractivity contribution < 1.29 is 4.74 Å². The lowest BCUT2D eigenvalue weighted by Gasteiger charge is -2.31. The van der Waals surface area contributed by atoms with Gasteiger partial charge in [-0.15, -0.1) is 5.10 Å². The Hall–Kier alpha value is -0.880. The van der Waals surface area contributed by atoms with Crippen molar-refractivity contribution in [3.63, 3.8) is 0 Å². The maximum Gasteiger partial charge on any atom is 0.225 e. The Balaban J connectivity index is 2.24. The average molecular weight is 228 g/mol. The van der Waals surface area contributed by atoms with E-state index in [0.717, 1.165) is 32.2 Å². The van der Waals surface area contributed by atoms with Crippen molar-refractivity contribution in [2.24, 2.45) is 0 Å². The maximum absolute atomic E-state index is 5.49. The minimum Gasteiger partial charge on any atom is -0.375 e. The number of aromatic nitrogens is 3. The van der Waals surface area contributed by atoms with Gasteiger partial charge in [-0.3, -0.25) is 4.57 Å². The molecule has 0 aromatic carbocycles. The van der Waals surface area contributed by atoms with Gasteiger partial charge in [0, 0.05) is 19.6 Å². The Kier molecular flexibility index (Phi) is 3.06. The SMILES string of the molecule is CCn1c(N2CCOC(C)C2)n[nH]c1=S. The number of aromatic amines is 1. The smallest absolute Gasteiger partial charge is 0.225 e. The molecule has 15 heavy (non-hydrogen) atoms. The summed E-state index contributed by atoms with van der Waals surface area (Å²) >= 11 is 5.16. The third kappa shape index (κ3) is 2.05. The lowest BCUT2D eigenvalue weighted by molar-refractivity contribution is 0.0524. The number of nitrogens with one attached hydrogen (secondary N) is 1. The molecule has 2 heterocycles. The number of anilines is 1. The molecule has 1 unspecified atom stereocenters. The molecule has 0 saturated carbocycles. The van der Waals surface area contributed by atoms with Crippen LogP contribution in [0.3, 0.4) is 0 Å². The highest BCUT2D eigenvalue weighted by Crippen LogP contribution is 2.15. The molecule has 0 bridgehead atoms. The van der Waals surface area contributed by atoms with Gasteiger partial charge in [-0.25, -0.2) is 5.10 Å². The van der Waals surface area contributed by atoms with Gasteiger partial charge in [0.25, 0.3) is 0 Å². The first-order valence-electron chi connectivity index (χ1n) is 5.24. The second kappa shape index (κ2) is 4.32. The van der Waals surface area contributed by atoms with Crippen LogP contribution >= 0.6 is 12.2 Å². The van der Waals surface area contributed by atoms with Crippen LogP contribution in [0.15, 0.2) is 0 Å². The van der Waals surface area contributed by atoms with E-state index in [1.54, 1.807) is 0 Å². The molecule has 1 aliphatic rings. The van der Waals surface area contributed by atoms with Crippen LogP contribution in [-0.4, -0.2) is 40.6 Å². The Bertz CT molecular complexity index is 386. The van der Waals surface area contributed by atoms with Crippen molar-refractivity contribution >= 4 is 18.2 Å². The number of hydrogen-bond donors (Lipinski definition) is 1. The van der Waals surface area contributed by atoms with Crippen molar-refractivity contribution in [1.29, 1.82) is 0 Å². The first kappa shape index (κ1) is 10.6. The summed E-state index contributed by atoms with van der Waals surface area (Å²) in [6, 6.07) is 0. The maximum atomic E-state index is 5.49. The summed E-state index contributed by atoms with van der Waals surface area (Å²) in [5, 5.41) is 7.09. The lowest BCUT2D eigenvalue weighted by Crippen LogP contribution is -2.42. The fourth-order valence-electron chi connectivity index (χ4n) is 1.84. The third-order valence-corrected chi connectivity index (χ3v) is 2.89. The van der Waals surface area contributed by atoms with Crippen LogP contribution in [0.5, 0.6) is 0 Å². The van der Waals surface area contributed by atoms with Crippen LogP contribution in [0.2, 0.25) is 0 Å². The molecule has 1 aliphatic heterocycles. The first-order chi connectivity index (χ1) is 7.22. The zero-order valence-electron chi connectivity index (χ0n) is 9.06. The molecule has 5 nitrogen and oxygen atoms in total. The summed E-state index contributed by atoms with van der Waals surface area (Å²) in [7, 11) is 0. The monoisotopic (exact) mass is 228 g/mol. The van der Waals surface area contributed by atoms with Crippen LogP contribution < -0.4 is 4.90 Å². The molecule has 84 valence electrons. The average Bonchev–Trinajstić information content (AvgIpc) is 2.59. The van der Waals surface area contributed by atoms with Crippen LogP contribution in [-0.2, 0) is 11.3 Å². The summed E-state index contributed by atoms with van der Waals surface area (Å²) < 4.78 is 8.19. The number of nitrogens with zero attached hydrogens (tertiary/aromatic N) is 3. The third-order valence-electron chi connectivity index (χ3n) is 2.58. The lowest BCUT2D eigenvalue weighted by atomic mass is 10.3. The van der Waals surface area contributed by atoms with Gasteiger partial charge in [-0.2, -0.15) is 0 Å². The van der Waals surface area contributed by atoms with E-state index in [0.29, 0.717) is 4.77 Å². The van der Waals surface area contributed by atoms with Crippen LogP contribution in [0.1, 0.15) is 13.8 Å². The van der Waals surface area contributed by atoms with E-state index < -0.39 is 0 Å². The van der Waals surface area contributed by atoms with Crippen LogP contribution in [0.25, 0.3) is 0 Å². The van der Waals surface area contributed by atoms with E-state index in [9.17, 15) is 0 Å². The molecule has 0 radical (unpaired) electrons. The van der Waals surface area contributed by atoms with Crippen molar-refractivity contribution in [1.82, 2.24) is 14.8 Å². The second-order valence-electron chi connectivity index (χ2n) is 3.70. The molecule has 1 fully saturated rings. The number of morpholine rings is 1. The molecule has 0 amide bonds.